The third-order valence-electron chi connectivity index (χ3n) is 7.44. The Hall–Kier alpha value is -3.36. The Bertz CT molecular complexity index is 1270. The van der Waals surface area contributed by atoms with Crippen molar-refractivity contribution in [1.29, 1.82) is 0 Å². The molecule has 3 aromatic rings. The van der Waals surface area contributed by atoms with Gasteiger partial charge in [0.2, 0.25) is 5.91 Å². The minimum absolute atomic E-state index is 0.00252. The van der Waals surface area contributed by atoms with Gasteiger partial charge in [0, 0.05) is 35.3 Å². The summed E-state index contributed by atoms with van der Waals surface area (Å²) in [6.45, 7) is 0.726. The van der Waals surface area contributed by atoms with Crippen molar-refractivity contribution in [2.24, 2.45) is 5.92 Å². The first-order chi connectivity index (χ1) is 16.0. The molecule has 0 bridgehead atoms. The number of hydrogen-bond donors (Lipinski definition) is 1. The molecular formula is C25H21N3O4S. The summed E-state index contributed by atoms with van der Waals surface area (Å²) in [5.41, 5.74) is 1.38. The van der Waals surface area contributed by atoms with E-state index in [4.69, 9.17) is 0 Å². The second-order valence-electron chi connectivity index (χ2n) is 8.86. The van der Waals surface area contributed by atoms with E-state index in [1.54, 1.807) is 12.1 Å². The number of Topliss-reactive ketones (excluding diaryl/α,β-unsaturated/α-hetero) is 1. The van der Waals surface area contributed by atoms with E-state index < -0.39 is 16.4 Å². The number of anilines is 1. The van der Waals surface area contributed by atoms with Gasteiger partial charge in [-0.15, -0.1) is 11.3 Å². The molecule has 0 aliphatic carbocycles. The van der Waals surface area contributed by atoms with Gasteiger partial charge >= 0.3 is 0 Å². The molecule has 7 nitrogen and oxygen atoms in total. The van der Waals surface area contributed by atoms with E-state index in [-0.39, 0.29) is 29.3 Å². The molecule has 1 unspecified atom stereocenters. The number of thiophene rings is 1. The lowest BCUT2D eigenvalue weighted by molar-refractivity contribution is -0.384. The minimum Gasteiger partial charge on any atom is -0.324 e. The molecule has 2 aromatic carbocycles. The molecule has 3 aliphatic rings. The lowest BCUT2D eigenvalue weighted by Crippen LogP contribution is -2.52. The monoisotopic (exact) mass is 459 g/mol. The maximum absolute atomic E-state index is 14.1. The maximum atomic E-state index is 14.1. The van der Waals surface area contributed by atoms with E-state index in [0.29, 0.717) is 4.88 Å². The van der Waals surface area contributed by atoms with Crippen LogP contribution in [0, 0.1) is 16.0 Å². The number of para-hydroxylation sites is 1. The van der Waals surface area contributed by atoms with Crippen LogP contribution < -0.4 is 5.32 Å². The van der Waals surface area contributed by atoms with Crippen molar-refractivity contribution in [1.82, 2.24) is 4.90 Å². The summed E-state index contributed by atoms with van der Waals surface area (Å²) < 4.78 is 0. The van der Waals surface area contributed by atoms with Crippen molar-refractivity contribution in [2.75, 3.05) is 11.9 Å². The SMILES string of the molecule is O=C(c1cccs1)[C@H]1[C@H](c2ccc([N+](=O)[O-])cc2)C2CCCN2[C@]12C(=O)Nc1ccccc12. The van der Waals surface area contributed by atoms with Gasteiger partial charge in [0.15, 0.2) is 5.78 Å². The molecule has 6 rings (SSSR count). The number of carbonyl (C=O) groups excluding carboxylic acids is 2. The smallest absolute Gasteiger partial charge is 0.269 e. The molecule has 4 heterocycles. The summed E-state index contributed by atoms with van der Waals surface area (Å²) in [6.07, 6.45) is 1.80. The van der Waals surface area contributed by atoms with E-state index >= 15 is 0 Å². The fourth-order valence-corrected chi connectivity index (χ4v) is 6.98. The van der Waals surface area contributed by atoms with Gasteiger partial charge in [0.25, 0.3) is 5.69 Å². The number of nitro benzene ring substituents is 1. The van der Waals surface area contributed by atoms with Crippen molar-refractivity contribution in [2.45, 2.75) is 30.3 Å². The van der Waals surface area contributed by atoms with E-state index in [1.807, 2.05) is 41.8 Å². The topological polar surface area (TPSA) is 92.5 Å². The van der Waals surface area contributed by atoms with E-state index in [0.717, 1.165) is 36.2 Å². The van der Waals surface area contributed by atoms with Gasteiger partial charge in [-0.3, -0.25) is 24.6 Å². The number of benzene rings is 2. The molecule has 0 radical (unpaired) electrons. The van der Waals surface area contributed by atoms with E-state index in [9.17, 15) is 19.7 Å². The average molecular weight is 460 g/mol. The molecule has 1 spiro atoms. The van der Waals surface area contributed by atoms with Gasteiger partial charge in [0.1, 0.15) is 5.54 Å². The zero-order chi connectivity index (χ0) is 22.7. The molecule has 1 amide bonds. The number of ketones is 1. The van der Waals surface area contributed by atoms with Crippen LogP contribution in [0.3, 0.4) is 0 Å². The van der Waals surface area contributed by atoms with Crippen molar-refractivity contribution in [3.05, 3.63) is 92.2 Å². The lowest BCUT2D eigenvalue weighted by Gasteiger charge is -2.36. The number of fused-ring (bicyclic) bond motifs is 4. The summed E-state index contributed by atoms with van der Waals surface area (Å²) in [6, 6.07) is 17.8. The average Bonchev–Trinajstić information content (AvgIpc) is 3.59. The first-order valence-electron chi connectivity index (χ1n) is 11.0. The molecule has 1 N–H and O–H groups in total. The molecule has 0 saturated carbocycles. The van der Waals surface area contributed by atoms with Gasteiger partial charge in [-0.05, 0) is 42.5 Å². The molecule has 3 aliphatic heterocycles. The predicted molar refractivity (Wildman–Crippen MR) is 124 cm³/mol. The number of hydrogen-bond acceptors (Lipinski definition) is 6. The fraction of sp³-hybridized carbons (Fsp3) is 0.280. The van der Waals surface area contributed by atoms with Crippen LogP contribution in [-0.4, -0.2) is 34.1 Å². The summed E-state index contributed by atoms with van der Waals surface area (Å²) in [5.74, 6) is -1.09. The quantitative estimate of drug-likeness (QED) is 0.351. The minimum atomic E-state index is -1.09. The summed E-state index contributed by atoms with van der Waals surface area (Å²) in [4.78, 5) is 41.6. The van der Waals surface area contributed by atoms with Crippen molar-refractivity contribution in [3.8, 4) is 0 Å². The maximum Gasteiger partial charge on any atom is 0.269 e. The zero-order valence-corrected chi connectivity index (χ0v) is 18.5. The molecule has 1 aromatic heterocycles. The number of carbonyl (C=O) groups is 2. The highest BCUT2D eigenvalue weighted by atomic mass is 32.1. The second kappa shape index (κ2) is 7.33. The highest BCUT2D eigenvalue weighted by Crippen LogP contribution is 2.61. The Labute approximate surface area is 194 Å². The van der Waals surface area contributed by atoms with Crippen LogP contribution in [0.2, 0.25) is 0 Å². The summed E-state index contributed by atoms with van der Waals surface area (Å²) in [5, 5.41) is 16.1. The largest absolute Gasteiger partial charge is 0.324 e. The third-order valence-corrected chi connectivity index (χ3v) is 8.33. The van der Waals surface area contributed by atoms with E-state index in [1.165, 1.54) is 23.5 Å². The third kappa shape index (κ3) is 2.71. The van der Waals surface area contributed by atoms with Crippen molar-refractivity contribution < 1.29 is 14.5 Å². The second-order valence-corrected chi connectivity index (χ2v) is 9.81. The fourth-order valence-electron chi connectivity index (χ4n) is 6.28. The van der Waals surface area contributed by atoms with Gasteiger partial charge in [-0.2, -0.15) is 0 Å². The van der Waals surface area contributed by atoms with Crippen LogP contribution in [0.4, 0.5) is 11.4 Å². The van der Waals surface area contributed by atoms with Crippen LogP contribution in [0.5, 0.6) is 0 Å². The highest BCUT2D eigenvalue weighted by Gasteiger charge is 2.69. The summed E-state index contributed by atoms with van der Waals surface area (Å²) in [7, 11) is 0. The van der Waals surface area contributed by atoms with Crippen LogP contribution >= 0.6 is 11.3 Å². The predicted octanol–water partition coefficient (Wildman–Crippen LogP) is 4.56. The van der Waals surface area contributed by atoms with Gasteiger partial charge in [0.05, 0.1) is 15.7 Å². The standard InChI is InChI=1S/C25H21N3O4S/c29-23(20-8-4-14-33-20)22-21(15-9-11-16(12-10-15)28(31)32)19-7-3-13-27(19)25(22)17-5-1-2-6-18(17)26-24(25)30/h1-2,4-6,8-12,14,19,21-22H,3,7,13H2,(H,26,30)/t19?,21-,22-,25+/m1/s1. The van der Waals surface area contributed by atoms with Crippen LogP contribution in [0.25, 0.3) is 0 Å². The molecule has 2 saturated heterocycles. The van der Waals surface area contributed by atoms with Gasteiger partial charge in [-0.25, -0.2) is 0 Å². The van der Waals surface area contributed by atoms with Crippen LogP contribution in [0.1, 0.15) is 39.6 Å². The Kier molecular flexibility index (Phi) is 4.50. The van der Waals surface area contributed by atoms with Crippen molar-refractivity contribution in [3.63, 3.8) is 0 Å². The van der Waals surface area contributed by atoms with Gasteiger partial charge in [-0.1, -0.05) is 36.4 Å². The molecule has 166 valence electrons. The Morgan fingerprint density at radius 3 is 2.64 bits per heavy atom. The number of rotatable bonds is 4. The highest BCUT2D eigenvalue weighted by molar-refractivity contribution is 7.12. The first-order valence-corrected chi connectivity index (χ1v) is 11.9. The summed E-state index contributed by atoms with van der Waals surface area (Å²) >= 11 is 1.39. The first kappa shape index (κ1) is 20.3. The van der Waals surface area contributed by atoms with Crippen LogP contribution in [0.15, 0.2) is 66.0 Å². The lowest BCUT2D eigenvalue weighted by atomic mass is 9.69. The molecular weight excluding hydrogens is 438 g/mol. The Morgan fingerprint density at radius 1 is 1.12 bits per heavy atom. The molecule has 2 fully saturated rings. The normalized spacial score (nSPS) is 28.0. The van der Waals surface area contributed by atoms with E-state index in [2.05, 4.69) is 10.2 Å². The molecule has 33 heavy (non-hydrogen) atoms. The van der Waals surface area contributed by atoms with Gasteiger partial charge < -0.3 is 5.32 Å². The Morgan fingerprint density at radius 2 is 1.91 bits per heavy atom. The van der Waals surface area contributed by atoms with Crippen molar-refractivity contribution >= 4 is 34.4 Å². The zero-order valence-electron chi connectivity index (χ0n) is 17.6. The number of nitro groups is 1. The van der Waals surface area contributed by atoms with Crippen LogP contribution in [-0.2, 0) is 10.3 Å². The Balaban J connectivity index is 1.59. The number of non-ortho nitro benzene ring substituents is 1. The molecule has 4 atom stereocenters. The number of amides is 1. The number of nitrogens with one attached hydrogen (secondary N) is 1. The molecule has 8 heteroatoms. The number of nitrogens with zero attached hydrogens (tertiary/aromatic N) is 2.